The fourth-order valence-corrected chi connectivity index (χ4v) is 4.56. The molecule has 36 heavy (non-hydrogen) atoms. The number of benzene rings is 1. The Kier molecular flexibility index (Phi) is 9.57. The number of alkyl halides is 6. The van der Waals surface area contributed by atoms with Crippen LogP contribution in [0, 0.1) is 5.82 Å². The van der Waals surface area contributed by atoms with Gasteiger partial charge in [-0.15, -0.1) is 0 Å². The molecule has 2 N–H and O–H groups in total. The third-order valence-corrected chi connectivity index (χ3v) is 6.69. The second kappa shape index (κ2) is 11.7. The highest BCUT2D eigenvalue weighted by atomic mass is 35.6. The van der Waals surface area contributed by atoms with Gasteiger partial charge in [0.25, 0.3) is 9.70 Å². The van der Waals surface area contributed by atoms with E-state index in [1.165, 1.54) is 17.9 Å². The van der Waals surface area contributed by atoms with Crippen LogP contribution in [-0.4, -0.2) is 81.9 Å². The number of nitrogens with one attached hydrogen (secondary N) is 2. The zero-order valence-corrected chi connectivity index (χ0v) is 23.3. The number of anilines is 2. The van der Waals surface area contributed by atoms with Crippen molar-refractivity contribution in [1.29, 1.82) is 0 Å². The van der Waals surface area contributed by atoms with Gasteiger partial charge in [0.2, 0.25) is 9.70 Å². The molecule has 200 valence electrons. The summed E-state index contributed by atoms with van der Waals surface area (Å²) in [5.41, 5.74) is 0.646. The molecule has 0 bridgehead atoms. The summed E-state index contributed by atoms with van der Waals surface area (Å²) in [4.78, 5) is 40.2. The van der Waals surface area contributed by atoms with Crippen molar-refractivity contribution < 1.29 is 23.5 Å². The van der Waals surface area contributed by atoms with Gasteiger partial charge in [-0.1, -0.05) is 69.6 Å². The molecule has 0 spiro atoms. The first-order valence-corrected chi connectivity index (χ1v) is 12.9. The number of rotatable bonds is 6. The van der Waals surface area contributed by atoms with Gasteiger partial charge in [-0.2, -0.15) is 0 Å². The Morgan fingerprint density at radius 2 is 1.78 bits per heavy atom. The summed E-state index contributed by atoms with van der Waals surface area (Å²) in [5, 5.41) is 5.01. The number of carbonyl (C=O) groups excluding carboxylic acids is 3. The summed E-state index contributed by atoms with van der Waals surface area (Å²) >= 11 is 35.0. The number of hydrogen-bond acceptors (Lipinski definition) is 6. The van der Waals surface area contributed by atoms with Gasteiger partial charge in [0, 0.05) is 33.1 Å². The lowest BCUT2D eigenvalue weighted by Crippen LogP contribution is -2.62. The van der Waals surface area contributed by atoms with E-state index in [-0.39, 0.29) is 19.0 Å². The SMILES string of the molecule is CC(=O)NC[C@H]1CN(c2ccc(N3CCN(C(NC(=O)C(Cl)(Cl)Cl)C(Cl)(Cl)Cl)CC3)c(F)c2)C(=O)O1. The average Bonchev–Trinajstić information content (AvgIpc) is 3.15. The number of carbonyl (C=O) groups is 3. The highest BCUT2D eigenvalue weighted by Gasteiger charge is 2.43. The molecule has 3 rings (SSSR count). The Labute approximate surface area is 236 Å². The van der Waals surface area contributed by atoms with Crippen molar-refractivity contribution >= 4 is 98.9 Å². The van der Waals surface area contributed by atoms with Gasteiger partial charge >= 0.3 is 6.09 Å². The molecule has 2 aliphatic rings. The Hall–Kier alpha value is -1.14. The third-order valence-electron chi connectivity index (χ3n) is 5.55. The van der Waals surface area contributed by atoms with Crippen LogP contribution >= 0.6 is 69.6 Å². The summed E-state index contributed by atoms with van der Waals surface area (Å²) in [6.45, 7) is 2.96. The van der Waals surface area contributed by atoms with E-state index in [0.717, 1.165) is 0 Å². The molecule has 1 unspecified atom stereocenters. The Morgan fingerprint density at radius 3 is 2.31 bits per heavy atom. The minimum atomic E-state index is -2.24. The minimum absolute atomic E-state index is 0.166. The molecule has 2 heterocycles. The highest BCUT2D eigenvalue weighted by Crippen LogP contribution is 2.35. The van der Waals surface area contributed by atoms with Gasteiger partial charge in [0.05, 0.1) is 24.5 Å². The summed E-state index contributed by atoms with van der Waals surface area (Å²) in [6, 6.07) is 4.42. The molecule has 16 heteroatoms. The third kappa shape index (κ3) is 7.46. The molecule has 1 aromatic carbocycles. The van der Waals surface area contributed by atoms with Crippen LogP contribution in [0.4, 0.5) is 20.6 Å². The average molecular weight is 628 g/mol. The molecule has 2 fully saturated rings. The number of nitrogens with zero attached hydrogens (tertiary/aromatic N) is 3. The summed E-state index contributed by atoms with van der Waals surface area (Å²) < 4.78 is 16.1. The second-order valence-electron chi connectivity index (χ2n) is 8.13. The Bertz CT molecular complexity index is 1000. The van der Waals surface area contributed by atoms with Crippen molar-refractivity contribution in [3.8, 4) is 0 Å². The lowest BCUT2D eigenvalue weighted by molar-refractivity contribution is -0.122. The summed E-state index contributed by atoms with van der Waals surface area (Å²) in [6.07, 6.45) is -2.25. The van der Waals surface area contributed by atoms with Crippen LogP contribution in [-0.2, 0) is 14.3 Å². The number of amides is 3. The van der Waals surface area contributed by atoms with E-state index in [1.807, 2.05) is 0 Å². The summed E-state index contributed by atoms with van der Waals surface area (Å²) in [7, 11) is 0. The van der Waals surface area contributed by atoms with Gasteiger partial charge in [-0.05, 0) is 18.2 Å². The monoisotopic (exact) mass is 625 g/mol. The molecule has 0 radical (unpaired) electrons. The van der Waals surface area contributed by atoms with Gasteiger partial charge in [-0.3, -0.25) is 19.4 Å². The van der Waals surface area contributed by atoms with Crippen LogP contribution in [0.2, 0.25) is 0 Å². The van der Waals surface area contributed by atoms with Crippen molar-refractivity contribution in [2.45, 2.75) is 26.8 Å². The molecular formula is C20H22Cl6FN5O4. The first-order valence-electron chi connectivity index (χ1n) is 10.6. The molecule has 0 saturated carbocycles. The van der Waals surface area contributed by atoms with Crippen LogP contribution in [0.5, 0.6) is 0 Å². The first kappa shape index (κ1) is 29.4. The van der Waals surface area contributed by atoms with Crippen LogP contribution < -0.4 is 20.4 Å². The van der Waals surface area contributed by atoms with Crippen molar-refractivity contribution in [2.24, 2.45) is 0 Å². The zero-order chi connectivity index (χ0) is 26.8. The number of piperazine rings is 1. The lowest BCUT2D eigenvalue weighted by Gasteiger charge is -2.42. The molecule has 9 nitrogen and oxygen atoms in total. The topological polar surface area (TPSA) is 94.2 Å². The number of ether oxygens (including phenoxy) is 1. The van der Waals surface area contributed by atoms with Crippen molar-refractivity contribution in [1.82, 2.24) is 15.5 Å². The van der Waals surface area contributed by atoms with E-state index in [0.29, 0.717) is 37.6 Å². The zero-order valence-electron chi connectivity index (χ0n) is 18.7. The first-order chi connectivity index (χ1) is 16.7. The van der Waals surface area contributed by atoms with Gasteiger partial charge < -0.3 is 20.3 Å². The highest BCUT2D eigenvalue weighted by molar-refractivity contribution is 6.76. The molecule has 0 aliphatic carbocycles. The largest absolute Gasteiger partial charge is 0.442 e. The fourth-order valence-electron chi connectivity index (χ4n) is 3.82. The number of halogens is 7. The number of cyclic esters (lactones) is 1. The van der Waals surface area contributed by atoms with Gasteiger partial charge in [-0.25, -0.2) is 9.18 Å². The van der Waals surface area contributed by atoms with Crippen molar-refractivity contribution in [3.05, 3.63) is 24.0 Å². The maximum atomic E-state index is 15.1. The predicted octanol–water partition coefficient (Wildman–Crippen LogP) is 3.59. The fraction of sp³-hybridized carbons (Fsp3) is 0.550. The smallest absolute Gasteiger partial charge is 0.414 e. The van der Waals surface area contributed by atoms with Crippen LogP contribution in [0.15, 0.2) is 18.2 Å². The summed E-state index contributed by atoms with van der Waals surface area (Å²) in [5.74, 6) is -1.73. The minimum Gasteiger partial charge on any atom is -0.442 e. The molecule has 3 amide bonds. The van der Waals surface area contributed by atoms with E-state index in [4.69, 9.17) is 74.3 Å². The van der Waals surface area contributed by atoms with Gasteiger partial charge in [0.15, 0.2) is 0 Å². The maximum absolute atomic E-state index is 15.1. The van der Waals surface area contributed by atoms with E-state index in [2.05, 4.69) is 10.6 Å². The van der Waals surface area contributed by atoms with Gasteiger partial charge in [0.1, 0.15) is 18.1 Å². The van der Waals surface area contributed by atoms with E-state index < -0.39 is 37.7 Å². The standard InChI is InChI=1S/C20H22Cl6FN5O4/c1-11(33)28-9-13-10-32(18(35)36-13)12-2-3-15(14(27)8-12)30-4-6-31(7-5-30)16(19(21,22)23)29-17(34)20(24,25)26/h2-3,8,13,16H,4-7,9-10H2,1H3,(H,28,33)(H,29,34)/t13-,16?/m0/s1. The second-order valence-corrected chi connectivity index (χ2v) is 12.8. The van der Waals surface area contributed by atoms with Crippen molar-refractivity contribution in [2.75, 3.05) is 49.1 Å². The molecule has 0 aromatic heterocycles. The van der Waals surface area contributed by atoms with Crippen molar-refractivity contribution in [3.63, 3.8) is 0 Å². The lowest BCUT2D eigenvalue weighted by atomic mass is 10.2. The molecule has 2 aliphatic heterocycles. The van der Waals surface area contributed by atoms with E-state index in [9.17, 15) is 14.4 Å². The van der Waals surface area contributed by atoms with Crippen LogP contribution in [0.25, 0.3) is 0 Å². The molecule has 2 atom stereocenters. The quantitative estimate of drug-likeness (QED) is 0.469. The Balaban J connectivity index is 1.64. The normalized spacial score (nSPS) is 20.2. The number of hydrogen-bond donors (Lipinski definition) is 2. The van der Waals surface area contributed by atoms with E-state index >= 15 is 4.39 Å². The van der Waals surface area contributed by atoms with E-state index in [1.54, 1.807) is 21.9 Å². The molecule has 1 aromatic rings. The van der Waals surface area contributed by atoms with Crippen LogP contribution in [0.3, 0.4) is 0 Å². The predicted molar refractivity (Wildman–Crippen MR) is 139 cm³/mol. The molecular weight excluding hydrogens is 606 g/mol. The maximum Gasteiger partial charge on any atom is 0.414 e. The Morgan fingerprint density at radius 1 is 1.14 bits per heavy atom. The van der Waals surface area contributed by atoms with Crippen LogP contribution in [0.1, 0.15) is 6.92 Å². The molecule has 2 saturated heterocycles.